The summed E-state index contributed by atoms with van der Waals surface area (Å²) < 4.78 is 10.3. The maximum Gasteiger partial charge on any atom is 0.339 e. The molecule has 2 aromatic carbocycles. The van der Waals surface area contributed by atoms with Crippen LogP contribution in [0.15, 0.2) is 59.1 Å². The van der Waals surface area contributed by atoms with Crippen molar-refractivity contribution in [2.45, 2.75) is 26.4 Å². The number of carbonyl (C=O) groups is 3. The largest absolute Gasteiger partial charge is 0.449 e. The van der Waals surface area contributed by atoms with Gasteiger partial charge in [0.25, 0.3) is 5.91 Å². The molecule has 0 aliphatic rings. The van der Waals surface area contributed by atoms with Gasteiger partial charge in [-0.1, -0.05) is 41.9 Å². The lowest BCUT2D eigenvalue weighted by Crippen LogP contribution is -2.32. The molecule has 1 amide bonds. The Morgan fingerprint density at radius 3 is 2.37 bits per heavy atom. The van der Waals surface area contributed by atoms with Crippen LogP contribution in [-0.2, 0) is 9.53 Å². The van der Waals surface area contributed by atoms with Gasteiger partial charge in [0.1, 0.15) is 5.76 Å². The Hall–Kier alpha value is -3.45. The molecule has 0 fully saturated rings. The molecule has 3 rings (SSSR count). The Morgan fingerprint density at radius 2 is 1.77 bits per heavy atom. The van der Waals surface area contributed by atoms with Crippen molar-refractivity contribution in [2.24, 2.45) is 0 Å². The van der Waals surface area contributed by atoms with E-state index in [1.165, 1.54) is 12.1 Å². The second-order valence-electron chi connectivity index (χ2n) is 6.50. The number of nitrogens with zero attached hydrogens (tertiary/aromatic N) is 1. The van der Waals surface area contributed by atoms with Crippen LogP contribution in [0.3, 0.4) is 0 Å². The third kappa shape index (κ3) is 4.93. The van der Waals surface area contributed by atoms with Crippen molar-refractivity contribution in [2.75, 3.05) is 5.32 Å². The molecule has 1 atom stereocenters. The molecule has 0 aliphatic carbocycles. The minimum absolute atomic E-state index is 0.0704. The number of halogens is 1. The highest BCUT2D eigenvalue weighted by Crippen LogP contribution is 2.19. The second kappa shape index (κ2) is 9.37. The minimum atomic E-state index is -1.06. The van der Waals surface area contributed by atoms with Gasteiger partial charge in [-0.25, -0.2) is 4.79 Å². The van der Waals surface area contributed by atoms with E-state index in [-0.39, 0.29) is 29.1 Å². The quantitative estimate of drug-likeness (QED) is 0.443. The van der Waals surface area contributed by atoms with Crippen molar-refractivity contribution in [1.82, 2.24) is 5.16 Å². The lowest BCUT2D eigenvalue weighted by atomic mass is 9.98. The molecule has 0 spiro atoms. The average molecular weight is 427 g/mol. The Bertz CT molecular complexity index is 1080. The Labute approximate surface area is 178 Å². The van der Waals surface area contributed by atoms with Crippen LogP contribution in [0, 0.1) is 6.92 Å². The molecule has 3 aromatic rings. The lowest BCUT2D eigenvalue weighted by Gasteiger charge is -2.16. The van der Waals surface area contributed by atoms with Gasteiger partial charge in [-0.2, -0.15) is 0 Å². The fourth-order valence-corrected chi connectivity index (χ4v) is 2.89. The first kappa shape index (κ1) is 21.3. The molecule has 0 bridgehead atoms. The van der Waals surface area contributed by atoms with Crippen LogP contribution < -0.4 is 5.32 Å². The number of benzene rings is 2. The van der Waals surface area contributed by atoms with Crippen LogP contribution in [0.25, 0.3) is 0 Å². The molecule has 1 heterocycles. The molecular formula is C22H19ClN2O5. The predicted molar refractivity (Wildman–Crippen MR) is 111 cm³/mol. The van der Waals surface area contributed by atoms with E-state index < -0.39 is 18.0 Å². The van der Waals surface area contributed by atoms with Crippen LogP contribution in [0.2, 0.25) is 5.02 Å². The zero-order valence-corrected chi connectivity index (χ0v) is 17.1. The van der Waals surface area contributed by atoms with Gasteiger partial charge in [0, 0.05) is 22.2 Å². The highest BCUT2D eigenvalue weighted by molar-refractivity contribution is 6.30. The lowest BCUT2D eigenvalue weighted by molar-refractivity contribution is -0.124. The normalized spacial score (nSPS) is 11.6. The summed E-state index contributed by atoms with van der Waals surface area (Å²) in [6.07, 6.45) is -0.824. The molecule has 0 radical (unpaired) electrons. The van der Waals surface area contributed by atoms with Gasteiger partial charge < -0.3 is 14.6 Å². The number of esters is 1. The van der Waals surface area contributed by atoms with Crippen LogP contribution in [0.1, 0.15) is 45.4 Å². The first-order valence-corrected chi connectivity index (χ1v) is 9.61. The number of aromatic nitrogens is 1. The first-order valence-electron chi connectivity index (χ1n) is 9.23. The molecule has 30 heavy (non-hydrogen) atoms. The van der Waals surface area contributed by atoms with E-state index >= 15 is 0 Å². The third-order valence-electron chi connectivity index (χ3n) is 4.29. The number of carbonyl (C=O) groups excluding carboxylic acids is 3. The van der Waals surface area contributed by atoms with Crippen molar-refractivity contribution in [3.63, 3.8) is 0 Å². The van der Waals surface area contributed by atoms with Crippen LogP contribution in [-0.4, -0.2) is 28.9 Å². The number of ether oxygens (including phenoxy) is 1. The highest BCUT2D eigenvalue weighted by atomic mass is 35.5. The van der Waals surface area contributed by atoms with Gasteiger partial charge in [-0.15, -0.1) is 0 Å². The molecule has 7 nitrogen and oxygen atoms in total. The van der Waals surface area contributed by atoms with Gasteiger partial charge in [0.2, 0.25) is 0 Å². The number of anilines is 1. The van der Waals surface area contributed by atoms with Gasteiger partial charge in [-0.3, -0.25) is 9.59 Å². The molecule has 1 N–H and O–H groups in total. The molecule has 0 saturated carbocycles. The minimum Gasteiger partial charge on any atom is -0.449 e. The second-order valence-corrected chi connectivity index (χ2v) is 6.93. The van der Waals surface area contributed by atoms with Crippen molar-refractivity contribution in [3.8, 4) is 0 Å². The van der Waals surface area contributed by atoms with Gasteiger partial charge in [0.15, 0.2) is 17.7 Å². The average Bonchev–Trinajstić information content (AvgIpc) is 3.16. The zero-order valence-electron chi connectivity index (χ0n) is 16.3. The molecule has 0 saturated heterocycles. The van der Waals surface area contributed by atoms with Crippen molar-refractivity contribution >= 4 is 35.1 Å². The van der Waals surface area contributed by atoms with Gasteiger partial charge >= 0.3 is 5.97 Å². The SMILES string of the molecule is CCC(OC(=O)c1ccccc1C(=O)c1ccc(Cl)cc1)C(=O)Nc1cc(C)on1. The summed E-state index contributed by atoms with van der Waals surface area (Å²) in [4.78, 5) is 38.1. The van der Waals surface area contributed by atoms with E-state index in [9.17, 15) is 14.4 Å². The Balaban J connectivity index is 1.78. The summed E-state index contributed by atoms with van der Waals surface area (Å²) >= 11 is 5.87. The molecule has 8 heteroatoms. The monoisotopic (exact) mass is 426 g/mol. The summed E-state index contributed by atoms with van der Waals surface area (Å²) in [6.45, 7) is 3.39. The van der Waals surface area contributed by atoms with E-state index in [0.29, 0.717) is 16.3 Å². The van der Waals surface area contributed by atoms with Gasteiger partial charge in [-0.05, 0) is 43.7 Å². The fraction of sp³-hybridized carbons (Fsp3) is 0.182. The standard InChI is InChI=1S/C22H19ClN2O5/c1-3-18(21(27)24-19-12-13(2)30-25-19)29-22(28)17-7-5-4-6-16(17)20(26)14-8-10-15(23)11-9-14/h4-12,18H,3H2,1-2H3,(H,24,25,27). The third-order valence-corrected chi connectivity index (χ3v) is 4.54. The van der Waals surface area contributed by atoms with E-state index in [1.807, 2.05) is 0 Å². The fourth-order valence-electron chi connectivity index (χ4n) is 2.76. The number of hydrogen-bond donors (Lipinski definition) is 1. The summed E-state index contributed by atoms with van der Waals surface area (Å²) in [5.74, 6) is -0.906. The molecule has 1 unspecified atom stereocenters. The smallest absolute Gasteiger partial charge is 0.339 e. The number of rotatable bonds is 7. The number of aryl methyl sites for hydroxylation is 1. The number of hydrogen-bond acceptors (Lipinski definition) is 6. The maximum absolute atomic E-state index is 12.9. The molecular weight excluding hydrogens is 408 g/mol. The summed E-state index contributed by atoms with van der Waals surface area (Å²) in [7, 11) is 0. The van der Waals surface area contributed by atoms with E-state index in [4.69, 9.17) is 20.9 Å². The van der Waals surface area contributed by atoms with Crippen LogP contribution in [0.4, 0.5) is 5.82 Å². The van der Waals surface area contributed by atoms with E-state index in [0.717, 1.165) is 0 Å². The number of nitrogens with one attached hydrogen (secondary N) is 1. The highest BCUT2D eigenvalue weighted by Gasteiger charge is 2.26. The van der Waals surface area contributed by atoms with Crippen molar-refractivity contribution in [1.29, 1.82) is 0 Å². The van der Waals surface area contributed by atoms with E-state index in [2.05, 4.69) is 10.5 Å². The van der Waals surface area contributed by atoms with Gasteiger partial charge in [0.05, 0.1) is 5.56 Å². The van der Waals surface area contributed by atoms with E-state index in [1.54, 1.807) is 56.3 Å². The number of ketones is 1. The summed E-state index contributed by atoms with van der Waals surface area (Å²) in [5.41, 5.74) is 0.624. The van der Waals surface area contributed by atoms with Crippen molar-refractivity contribution < 1.29 is 23.6 Å². The summed E-state index contributed by atoms with van der Waals surface area (Å²) in [6, 6.07) is 14.2. The Kier molecular flexibility index (Phi) is 6.64. The van der Waals surface area contributed by atoms with Crippen LogP contribution in [0.5, 0.6) is 0 Å². The van der Waals surface area contributed by atoms with Crippen LogP contribution >= 0.6 is 11.6 Å². The molecule has 154 valence electrons. The zero-order chi connectivity index (χ0) is 21.7. The molecule has 0 aliphatic heterocycles. The predicted octanol–water partition coefficient (Wildman–Crippen LogP) is 4.44. The summed E-state index contributed by atoms with van der Waals surface area (Å²) in [5, 5.41) is 6.72. The molecule has 1 aromatic heterocycles. The number of amides is 1. The first-order chi connectivity index (χ1) is 14.4. The topological polar surface area (TPSA) is 98.5 Å². The van der Waals surface area contributed by atoms with Crippen molar-refractivity contribution in [3.05, 3.63) is 82.1 Å². The maximum atomic E-state index is 12.9. The Morgan fingerprint density at radius 1 is 1.10 bits per heavy atom.